The molecule has 1 unspecified atom stereocenters. The number of morpholine rings is 1. The highest BCUT2D eigenvalue weighted by molar-refractivity contribution is 5.77. The Morgan fingerprint density at radius 2 is 2.25 bits per heavy atom. The fourth-order valence-corrected chi connectivity index (χ4v) is 2.34. The first kappa shape index (κ1) is 16.2. The molecule has 0 aliphatic carbocycles. The Bertz CT molecular complexity index is 684. The number of methoxy groups -OCH3 is 1. The zero-order chi connectivity index (χ0) is 16.8. The predicted octanol–water partition coefficient (Wildman–Crippen LogP) is 0.556. The first-order chi connectivity index (χ1) is 11.8. The zero-order valence-corrected chi connectivity index (χ0v) is 13.3. The van der Waals surface area contributed by atoms with Gasteiger partial charge in [0.1, 0.15) is 12.7 Å². The molecule has 2 aromatic heterocycles. The van der Waals surface area contributed by atoms with Crippen LogP contribution in [0.15, 0.2) is 30.9 Å². The number of anilines is 2. The van der Waals surface area contributed by atoms with Gasteiger partial charge >= 0.3 is 0 Å². The second-order valence-corrected chi connectivity index (χ2v) is 5.16. The Morgan fingerprint density at radius 1 is 1.42 bits per heavy atom. The van der Waals surface area contributed by atoms with Crippen molar-refractivity contribution in [1.82, 2.24) is 24.8 Å². The summed E-state index contributed by atoms with van der Waals surface area (Å²) in [6.07, 6.45) is 6.15. The first-order valence-electron chi connectivity index (χ1n) is 7.50. The summed E-state index contributed by atoms with van der Waals surface area (Å²) < 4.78 is 10.6. The lowest BCUT2D eigenvalue weighted by Crippen LogP contribution is -2.44. The molecule has 0 aromatic carbocycles. The number of nitrogens with one attached hydrogen (secondary N) is 1. The molecule has 3 heterocycles. The number of hydrogen-bond donors (Lipinski definition) is 1. The van der Waals surface area contributed by atoms with E-state index in [2.05, 4.69) is 25.3 Å². The van der Waals surface area contributed by atoms with Crippen molar-refractivity contribution in [3.8, 4) is 0 Å². The van der Waals surface area contributed by atoms with Gasteiger partial charge in [0.25, 0.3) is 0 Å². The van der Waals surface area contributed by atoms with Crippen LogP contribution in [0.2, 0.25) is 0 Å². The number of ether oxygens (including phenoxy) is 2. The molecule has 0 radical (unpaired) electrons. The van der Waals surface area contributed by atoms with Crippen molar-refractivity contribution in [3.05, 3.63) is 36.5 Å². The van der Waals surface area contributed by atoms with E-state index in [0.29, 0.717) is 37.2 Å². The normalized spacial score (nSPS) is 17.5. The highest BCUT2D eigenvalue weighted by atomic mass is 16.5. The fraction of sp³-hybridized carbons (Fsp3) is 0.400. The number of carbonyl (C=O) groups excluding carboxylic acids is 1. The van der Waals surface area contributed by atoms with Crippen molar-refractivity contribution in [2.24, 2.45) is 0 Å². The maximum absolute atomic E-state index is 12.0. The lowest BCUT2D eigenvalue weighted by atomic mass is 10.2. The average Bonchev–Trinajstić information content (AvgIpc) is 2.63. The van der Waals surface area contributed by atoms with E-state index in [1.54, 1.807) is 35.8 Å². The lowest BCUT2D eigenvalue weighted by molar-refractivity contribution is -0.143. The van der Waals surface area contributed by atoms with E-state index in [4.69, 9.17) is 9.47 Å². The summed E-state index contributed by atoms with van der Waals surface area (Å²) in [6.45, 7) is 1.47. The molecular formula is C15H18N6O3. The van der Waals surface area contributed by atoms with Gasteiger partial charge in [0, 0.05) is 26.0 Å². The molecule has 3 rings (SSSR count). The van der Waals surface area contributed by atoms with Crippen LogP contribution in [0.3, 0.4) is 0 Å². The highest BCUT2D eigenvalue weighted by Crippen LogP contribution is 2.21. The largest absolute Gasteiger partial charge is 0.375 e. The molecule has 2 aromatic rings. The second kappa shape index (κ2) is 7.75. The van der Waals surface area contributed by atoms with E-state index in [-0.39, 0.29) is 18.6 Å². The molecule has 1 N–H and O–H groups in total. The summed E-state index contributed by atoms with van der Waals surface area (Å²) in [5, 5.41) is 2.99. The Hall–Kier alpha value is -2.65. The summed E-state index contributed by atoms with van der Waals surface area (Å²) in [7, 11) is 1.50. The van der Waals surface area contributed by atoms with E-state index >= 15 is 0 Å². The van der Waals surface area contributed by atoms with Crippen molar-refractivity contribution < 1.29 is 14.3 Å². The van der Waals surface area contributed by atoms with Gasteiger partial charge in [-0.2, -0.15) is 0 Å². The molecule has 0 bridgehead atoms. The van der Waals surface area contributed by atoms with Crippen molar-refractivity contribution in [1.29, 1.82) is 0 Å². The van der Waals surface area contributed by atoms with Gasteiger partial charge < -0.3 is 19.7 Å². The van der Waals surface area contributed by atoms with Crippen LogP contribution in [0, 0.1) is 0 Å². The lowest BCUT2D eigenvalue weighted by Gasteiger charge is -2.32. The van der Waals surface area contributed by atoms with E-state index in [0.717, 1.165) is 0 Å². The third-order valence-electron chi connectivity index (χ3n) is 3.48. The van der Waals surface area contributed by atoms with Crippen LogP contribution in [0.25, 0.3) is 0 Å². The minimum atomic E-state index is -0.328. The Morgan fingerprint density at radius 3 is 3.04 bits per heavy atom. The molecule has 9 heteroatoms. The highest BCUT2D eigenvalue weighted by Gasteiger charge is 2.26. The van der Waals surface area contributed by atoms with Crippen LogP contribution >= 0.6 is 0 Å². The smallest absolute Gasteiger partial charge is 0.248 e. The van der Waals surface area contributed by atoms with Crippen LogP contribution in [0.4, 0.5) is 11.8 Å². The first-order valence-corrected chi connectivity index (χ1v) is 7.50. The van der Waals surface area contributed by atoms with Crippen LogP contribution in [0.1, 0.15) is 11.8 Å². The second-order valence-electron chi connectivity index (χ2n) is 5.16. The van der Waals surface area contributed by atoms with Gasteiger partial charge in [0.15, 0.2) is 5.82 Å². The zero-order valence-electron chi connectivity index (χ0n) is 13.3. The molecule has 1 saturated heterocycles. The number of rotatable bonds is 5. The van der Waals surface area contributed by atoms with Crippen molar-refractivity contribution >= 4 is 17.7 Å². The van der Waals surface area contributed by atoms with Gasteiger partial charge in [0.2, 0.25) is 11.9 Å². The van der Waals surface area contributed by atoms with Gasteiger partial charge in [0.05, 0.1) is 31.2 Å². The van der Waals surface area contributed by atoms with Crippen molar-refractivity contribution in [3.63, 3.8) is 0 Å². The van der Waals surface area contributed by atoms with Gasteiger partial charge in [-0.05, 0) is 6.07 Å². The fourth-order valence-electron chi connectivity index (χ4n) is 2.34. The summed E-state index contributed by atoms with van der Waals surface area (Å²) >= 11 is 0. The number of nitrogens with zero attached hydrogens (tertiary/aromatic N) is 5. The van der Waals surface area contributed by atoms with Crippen LogP contribution in [0.5, 0.6) is 0 Å². The third kappa shape index (κ3) is 4.00. The third-order valence-corrected chi connectivity index (χ3v) is 3.48. The quantitative estimate of drug-likeness (QED) is 0.848. The van der Waals surface area contributed by atoms with Crippen molar-refractivity contribution in [2.45, 2.75) is 6.10 Å². The summed E-state index contributed by atoms with van der Waals surface area (Å²) in [5.41, 5.74) is 0.644. The maximum atomic E-state index is 12.0. The number of aromatic nitrogens is 4. The molecule has 9 nitrogen and oxygen atoms in total. The maximum Gasteiger partial charge on any atom is 0.248 e. The van der Waals surface area contributed by atoms with E-state index in [1.165, 1.54) is 7.11 Å². The number of amides is 1. The van der Waals surface area contributed by atoms with Gasteiger partial charge in [-0.15, -0.1) is 0 Å². The topological polar surface area (TPSA) is 102 Å². The minimum absolute atomic E-state index is 0.0609. The molecule has 1 atom stereocenters. The molecular weight excluding hydrogens is 312 g/mol. The Kier molecular flexibility index (Phi) is 5.24. The number of hydrogen-bond acceptors (Lipinski definition) is 8. The van der Waals surface area contributed by atoms with Gasteiger partial charge in [-0.3, -0.25) is 9.78 Å². The molecule has 24 heavy (non-hydrogen) atoms. The molecule has 1 fully saturated rings. The van der Waals surface area contributed by atoms with Gasteiger partial charge in [-0.25, -0.2) is 15.0 Å². The van der Waals surface area contributed by atoms with E-state index < -0.39 is 0 Å². The predicted molar refractivity (Wildman–Crippen MR) is 84.5 cm³/mol. The summed E-state index contributed by atoms with van der Waals surface area (Å²) in [4.78, 5) is 30.5. The summed E-state index contributed by atoms with van der Waals surface area (Å²) in [5.74, 6) is 0.888. The van der Waals surface area contributed by atoms with Crippen LogP contribution in [-0.4, -0.2) is 64.2 Å². The molecule has 0 spiro atoms. The monoisotopic (exact) mass is 330 g/mol. The molecule has 1 aliphatic heterocycles. The minimum Gasteiger partial charge on any atom is -0.375 e. The summed E-state index contributed by atoms with van der Waals surface area (Å²) in [6, 6.07) is 1.73. The Labute approximate surface area is 139 Å². The molecule has 0 saturated carbocycles. The Balaban J connectivity index is 1.70. The van der Waals surface area contributed by atoms with E-state index in [9.17, 15) is 4.79 Å². The average molecular weight is 330 g/mol. The van der Waals surface area contributed by atoms with Crippen LogP contribution < -0.4 is 5.32 Å². The number of carbonyl (C=O) groups is 1. The molecule has 1 amide bonds. The standard InChI is InChI=1S/C15H18N6O3/c1-23-10-14(22)21-5-6-24-12(9-21)11-7-16-8-13(19-11)20-15-17-3-2-4-18-15/h2-4,7-8,12H,5-6,9-10H2,1H3,(H,17,18,19,20). The molecule has 126 valence electrons. The van der Waals surface area contributed by atoms with Crippen LogP contribution in [-0.2, 0) is 14.3 Å². The molecule has 1 aliphatic rings. The van der Waals surface area contributed by atoms with Crippen molar-refractivity contribution in [2.75, 3.05) is 38.7 Å². The van der Waals surface area contributed by atoms with E-state index in [1.807, 2.05) is 0 Å². The SMILES string of the molecule is COCC(=O)N1CCOC(c2cncc(Nc3ncccn3)n2)C1. The van der Waals surface area contributed by atoms with Gasteiger partial charge in [-0.1, -0.05) is 0 Å².